The van der Waals surface area contributed by atoms with Gasteiger partial charge in [0.25, 0.3) is 5.91 Å². The van der Waals surface area contributed by atoms with E-state index in [-0.39, 0.29) is 24.7 Å². The highest BCUT2D eigenvalue weighted by molar-refractivity contribution is 7.89. The third kappa shape index (κ3) is 3.98. The van der Waals surface area contributed by atoms with Crippen LogP contribution in [0.3, 0.4) is 0 Å². The summed E-state index contributed by atoms with van der Waals surface area (Å²) in [4.78, 5) is 14.5. The number of carbonyl (C=O) groups is 1. The standard InChI is InChI=1S/C16H24N2O6S/c1-5-25(20,21)18-8-6-17(7-9-18)16(19)15-13(23-3)10-12(22-2)11-14(15)24-4/h10-11H,5-9H2,1-4H3. The van der Waals surface area contributed by atoms with Gasteiger partial charge in [-0.25, -0.2) is 8.42 Å². The predicted molar refractivity (Wildman–Crippen MR) is 93.0 cm³/mol. The first-order valence-electron chi connectivity index (χ1n) is 7.95. The molecule has 0 radical (unpaired) electrons. The van der Waals surface area contributed by atoms with E-state index in [0.29, 0.717) is 35.9 Å². The number of carbonyl (C=O) groups excluding carboxylic acids is 1. The average molecular weight is 372 g/mol. The highest BCUT2D eigenvalue weighted by Gasteiger charge is 2.31. The van der Waals surface area contributed by atoms with Crippen molar-refractivity contribution in [1.82, 2.24) is 9.21 Å². The van der Waals surface area contributed by atoms with Crippen molar-refractivity contribution in [2.24, 2.45) is 0 Å². The molecule has 25 heavy (non-hydrogen) atoms. The number of sulfonamides is 1. The van der Waals surface area contributed by atoms with Crippen molar-refractivity contribution < 1.29 is 27.4 Å². The number of hydrogen-bond acceptors (Lipinski definition) is 6. The zero-order valence-corrected chi connectivity index (χ0v) is 15.8. The largest absolute Gasteiger partial charge is 0.496 e. The quantitative estimate of drug-likeness (QED) is 0.735. The lowest BCUT2D eigenvalue weighted by molar-refractivity contribution is 0.0691. The van der Waals surface area contributed by atoms with E-state index in [1.807, 2.05) is 0 Å². The summed E-state index contributed by atoms with van der Waals surface area (Å²) in [7, 11) is 1.21. The molecule has 1 fully saturated rings. The molecule has 0 saturated carbocycles. The Hall–Kier alpha value is -2.00. The molecule has 0 aliphatic carbocycles. The minimum atomic E-state index is -3.24. The van der Waals surface area contributed by atoms with Crippen LogP contribution in [0, 0.1) is 0 Å². The van der Waals surface area contributed by atoms with Crippen molar-refractivity contribution in [2.45, 2.75) is 6.92 Å². The van der Waals surface area contributed by atoms with Crippen LogP contribution in [0.4, 0.5) is 0 Å². The molecule has 0 unspecified atom stereocenters. The summed E-state index contributed by atoms with van der Waals surface area (Å²) in [5, 5.41) is 0. The number of methoxy groups -OCH3 is 3. The second-order valence-electron chi connectivity index (χ2n) is 5.50. The topological polar surface area (TPSA) is 85.4 Å². The SMILES string of the molecule is CCS(=O)(=O)N1CCN(C(=O)c2c(OC)cc(OC)cc2OC)CC1. The van der Waals surface area contributed by atoms with Crippen molar-refractivity contribution in [3.63, 3.8) is 0 Å². The summed E-state index contributed by atoms with van der Waals surface area (Å²) < 4.78 is 41.1. The lowest BCUT2D eigenvalue weighted by atomic mass is 10.1. The molecule has 1 saturated heterocycles. The molecule has 1 aromatic carbocycles. The Balaban J connectivity index is 2.24. The van der Waals surface area contributed by atoms with Crippen molar-refractivity contribution in [1.29, 1.82) is 0 Å². The molecule has 1 aliphatic rings. The van der Waals surface area contributed by atoms with Gasteiger partial charge in [-0.2, -0.15) is 4.31 Å². The number of hydrogen-bond donors (Lipinski definition) is 0. The van der Waals surface area contributed by atoms with Gasteiger partial charge in [-0.3, -0.25) is 4.79 Å². The zero-order valence-electron chi connectivity index (χ0n) is 14.9. The first-order chi connectivity index (χ1) is 11.9. The monoisotopic (exact) mass is 372 g/mol. The maximum Gasteiger partial charge on any atom is 0.261 e. The summed E-state index contributed by atoms with van der Waals surface area (Å²) >= 11 is 0. The van der Waals surface area contributed by atoms with Crippen molar-refractivity contribution in [2.75, 3.05) is 53.3 Å². The molecule has 0 aromatic heterocycles. The van der Waals surface area contributed by atoms with Gasteiger partial charge in [0, 0.05) is 38.3 Å². The van der Waals surface area contributed by atoms with Gasteiger partial charge in [0.15, 0.2) is 0 Å². The van der Waals surface area contributed by atoms with E-state index in [2.05, 4.69) is 0 Å². The van der Waals surface area contributed by atoms with Gasteiger partial charge in [-0.15, -0.1) is 0 Å². The van der Waals surface area contributed by atoms with Crippen LogP contribution < -0.4 is 14.2 Å². The molecule has 1 amide bonds. The maximum absolute atomic E-state index is 12.9. The van der Waals surface area contributed by atoms with Crippen LogP contribution in [0.2, 0.25) is 0 Å². The highest BCUT2D eigenvalue weighted by atomic mass is 32.2. The molecule has 0 bridgehead atoms. The number of rotatable bonds is 6. The highest BCUT2D eigenvalue weighted by Crippen LogP contribution is 2.35. The van der Waals surface area contributed by atoms with E-state index in [1.165, 1.54) is 25.6 Å². The van der Waals surface area contributed by atoms with Crippen LogP contribution in [-0.4, -0.2) is 76.8 Å². The van der Waals surface area contributed by atoms with Gasteiger partial charge >= 0.3 is 0 Å². The van der Waals surface area contributed by atoms with Crippen molar-refractivity contribution in [3.8, 4) is 17.2 Å². The normalized spacial score (nSPS) is 15.8. The summed E-state index contributed by atoms with van der Waals surface area (Å²) in [6.07, 6.45) is 0. The summed E-state index contributed by atoms with van der Waals surface area (Å²) in [6.45, 7) is 2.80. The Morgan fingerprint density at radius 2 is 1.52 bits per heavy atom. The van der Waals surface area contributed by atoms with E-state index in [0.717, 1.165) is 0 Å². The fourth-order valence-corrected chi connectivity index (χ4v) is 3.81. The molecule has 0 atom stereocenters. The molecule has 0 N–H and O–H groups in total. The molecular weight excluding hydrogens is 348 g/mol. The van der Waals surface area contributed by atoms with Gasteiger partial charge in [0.1, 0.15) is 22.8 Å². The predicted octanol–water partition coefficient (Wildman–Crippen LogP) is 0.820. The number of piperazine rings is 1. The second-order valence-corrected chi connectivity index (χ2v) is 7.76. The smallest absolute Gasteiger partial charge is 0.261 e. The number of ether oxygens (including phenoxy) is 3. The van der Waals surface area contributed by atoms with Gasteiger partial charge in [-0.1, -0.05) is 0 Å². The Morgan fingerprint density at radius 3 is 1.92 bits per heavy atom. The van der Waals surface area contributed by atoms with E-state index < -0.39 is 10.0 Å². The third-order valence-corrected chi connectivity index (χ3v) is 6.09. The Labute approximate surface area is 148 Å². The summed E-state index contributed by atoms with van der Waals surface area (Å²) in [5.41, 5.74) is 0.303. The van der Waals surface area contributed by atoms with E-state index >= 15 is 0 Å². The van der Waals surface area contributed by atoms with Gasteiger partial charge in [-0.05, 0) is 6.92 Å². The van der Waals surface area contributed by atoms with E-state index in [9.17, 15) is 13.2 Å². The molecule has 2 rings (SSSR count). The van der Waals surface area contributed by atoms with E-state index in [4.69, 9.17) is 14.2 Å². The maximum atomic E-state index is 12.9. The van der Waals surface area contributed by atoms with Crippen LogP contribution in [0.1, 0.15) is 17.3 Å². The summed E-state index contributed by atoms with van der Waals surface area (Å²) in [6, 6.07) is 3.24. The zero-order chi connectivity index (χ0) is 18.6. The Bertz CT molecular complexity index is 701. The molecule has 1 aliphatic heterocycles. The fraction of sp³-hybridized carbons (Fsp3) is 0.562. The Kier molecular flexibility index (Phi) is 6.12. The van der Waals surface area contributed by atoms with Crippen molar-refractivity contribution in [3.05, 3.63) is 17.7 Å². The second kappa shape index (κ2) is 7.92. The van der Waals surface area contributed by atoms with Gasteiger partial charge in [0.05, 0.1) is 27.1 Å². The number of benzene rings is 1. The number of nitrogens with zero attached hydrogens (tertiary/aromatic N) is 2. The third-order valence-electron chi connectivity index (χ3n) is 4.21. The first-order valence-corrected chi connectivity index (χ1v) is 9.56. The molecule has 9 heteroatoms. The molecule has 1 heterocycles. The minimum Gasteiger partial charge on any atom is -0.496 e. The number of amides is 1. The lowest BCUT2D eigenvalue weighted by Gasteiger charge is -2.34. The lowest BCUT2D eigenvalue weighted by Crippen LogP contribution is -2.50. The molecule has 8 nitrogen and oxygen atoms in total. The molecule has 1 aromatic rings. The van der Waals surface area contributed by atoms with Crippen molar-refractivity contribution >= 4 is 15.9 Å². The van der Waals surface area contributed by atoms with Crippen LogP contribution in [0.15, 0.2) is 12.1 Å². The molecular formula is C16H24N2O6S. The average Bonchev–Trinajstić information content (AvgIpc) is 2.66. The van der Waals surface area contributed by atoms with Gasteiger partial charge < -0.3 is 19.1 Å². The first kappa shape index (κ1) is 19.3. The molecule has 0 spiro atoms. The van der Waals surface area contributed by atoms with Crippen LogP contribution >= 0.6 is 0 Å². The van der Waals surface area contributed by atoms with Gasteiger partial charge in [0.2, 0.25) is 10.0 Å². The van der Waals surface area contributed by atoms with E-state index in [1.54, 1.807) is 24.0 Å². The molecule has 140 valence electrons. The fourth-order valence-electron chi connectivity index (χ4n) is 2.73. The van der Waals surface area contributed by atoms with Crippen LogP contribution in [-0.2, 0) is 10.0 Å². The van der Waals surface area contributed by atoms with Crippen LogP contribution in [0.25, 0.3) is 0 Å². The summed E-state index contributed by atoms with van der Waals surface area (Å²) in [5.74, 6) is 1.02. The minimum absolute atomic E-state index is 0.0566. The Morgan fingerprint density at radius 1 is 1.00 bits per heavy atom. The van der Waals surface area contributed by atoms with Crippen LogP contribution in [0.5, 0.6) is 17.2 Å².